The predicted octanol–water partition coefficient (Wildman–Crippen LogP) is 3.76. The lowest BCUT2D eigenvalue weighted by molar-refractivity contribution is 0.0938. The lowest BCUT2D eigenvalue weighted by atomic mass is 10.1. The molecule has 0 saturated carbocycles. The quantitative estimate of drug-likeness (QED) is 0.742. The molecule has 0 radical (unpaired) electrons. The number of benzene rings is 1. The number of nitrogens with one attached hydrogen (secondary N) is 1. The molecular weight excluding hydrogens is 320 g/mol. The summed E-state index contributed by atoms with van der Waals surface area (Å²) in [6.45, 7) is 8.13. The van der Waals surface area contributed by atoms with E-state index in [1.165, 1.54) is 23.8 Å². The molecule has 4 nitrogen and oxygen atoms in total. The summed E-state index contributed by atoms with van der Waals surface area (Å²) in [6, 6.07) is 13.8. The number of Topliss-reactive ketones (excluding diaryl/α,β-unsaturated/α-hetero) is 1. The third-order valence-electron chi connectivity index (χ3n) is 4.07. The van der Waals surface area contributed by atoms with E-state index in [0.29, 0.717) is 16.3 Å². The van der Waals surface area contributed by atoms with Gasteiger partial charge in [0, 0.05) is 6.54 Å². The molecule has 1 aromatic carbocycles. The van der Waals surface area contributed by atoms with Gasteiger partial charge in [0.25, 0.3) is 5.91 Å². The molecule has 2 aromatic rings. The van der Waals surface area contributed by atoms with Crippen LogP contribution in [0.4, 0.5) is 0 Å². The van der Waals surface area contributed by atoms with E-state index in [1.54, 1.807) is 12.1 Å². The van der Waals surface area contributed by atoms with Crippen LogP contribution in [-0.4, -0.2) is 36.2 Å². The summed E-state index contributed by atoms with van der Waals surface area (Å²) in [5.74, 6) is -0.134. The fourth-order valence-electron chi connectivity index (χ4n) is 2.72. The third kappa shape index (κ3) is 4.52. The van der Waals surface area contributed by atoms with E-state index >= 15 is 0 Å². The van der Waals surface area contributed by atoms with Gasteiger partial charge >= 0.3 is 0 Å². The molecule has 1 heterocycles. The second-order valence-corrected chi connectivity index (χ2v) is 6.66. The Kier molecular flexibility index (Phi) is 6.70. The van der Waals surface area contributed by atoms with Crippen LogP contribution in [0.3, 0.4) is 0 Å². The second-order valence-electron chi connectivity index (χ2n) is 5.58. The van der Waals surface area contributed by atoms with Gasteiger partial charge in [0.1, 0.15) is 0 Å². The number of amides is 1. The monoisotopic (exact) mass is 344 g/mol. The number of nitrogens with zero attached hydrogens (tertiary/aromatic N) is 1. The average Bonchev–Trinajstić information content (AvgIpc) is 3.09. The molecule has 1 N–H and O–H groups in total. The summed E-state index contributed by atoms with van der Waals surface area (Å²) in [7, 11) is 0. The normalized spacial score (nSPS) is 12.2. The first-order chi connectivity index (χ1) is 11.6. The molecule has 0 aliphatic carbocycles. The molecule has 5 heteroatoms. The Bertz CT molecular complexity index is 678. The van der Waals surface area contributed by atoms with Crippen molar-refractivity contribution < 1.29 is 9.59 Å². The largest absolute Gasteiger partial charge is 0.349 e. The van der Waals surface area contributed by atoms with Crippen LogP contribution in [0.15, 0.2) is 42.5 Å². The van der Waals surface area contributed by atoms with E-state index in [-0.39, 0.29) is 17.7 Å². The summed E-state index contributed by atoms with van der Waals surface area (Å²) in [5, 5.41) is 3.02. The summed E-state index contributed by atoms with van der Waals surface area (Å²) < 4.78 is 0. The van der Waals surface area contributed by atoms with Gasteiger partial charge in [0.15, 0.2) is 5.78 Å². The summed E-state index contributed by atoms with van der Waals surface area (Å²) >= 11 is 1.24. The highest BCUT2D eigenvalue weighted by Crippen LogP contribution is 2.21. The van der Waals surface area contributed by atoms with Crippen LogP contribution >= 0.6 is 11.3 Å². The number of carbonyl (C=O) groups is 2. The number of thiophene rings is 1. The molecule has 0 saturated heterocycles. The molecule has 0 aliphatic rings. The van der Waals surface area contributed by atoms with Crippen molar-refractivity contribution in [1.82, 2.24) is 10.2 Å². The number of likely N-dealkylation sites (N-methyl/N-ethyl adjacent to an activating group) is 1. The molecule has 1 atom stereocenters. The highest BCUT2D eigenvalue weighted by Gasteiger charge is 2.19. The SMILES string of the molecule is CCN(CC)[C@H](CNC(=O)c1ccc(C(C)=O)s1)c1ccccc1. The first-order valence-electron chi connectivity index (χ1n) is 8.24. The van der Waals surface area contributed by atoms with Gasteiger partial charge in [0.2, 0.25) is 0 Å². The molecule has 1 aromatic heterocycles. The van der Waals surface area contributed by atoms with Crippen molar-refractivity contribution in [2.75, 3.05) is 19.6 Å². The molecule has 0 aliphatic heterocycles. The van der Waals surface area contributed by atoms with Crippen LogP contribution in [0.25, 0.3) is 0 Å². The van der Waals surface area contributed by atoms with E-state index in [1.807, 2.05) is 18.2 Å². The summed E-state index contributed by atoms with van der Waals surface area (Å²) in [4.78, 5) is 27.3. The Hall–Kier alpha value is -1.98. The minimum absolute atomic E-state index is 0.00986. The molecule has 2 rings (SSSR count). The van der Waals surface area contributed by atoms with Crippen LogP contribution < -0.4 is 5.32 Å². The zero-order valence-electron chi connectivity index (χ0n) is 14.4. The number of carbonyl (C=O) groups excluding carboxylic acids is 2. The molecule has 128 valence electrons. The van der Waals surface area contributed by atoms with Crippen molar-refractivity contribution in [2.45, 2.75) is 26.8 Å². The van der Waals surface area contributed by atoms with Crippen molar-refractivity contribution in [1.29, 1.82) is 0 Å². The fraction of sp³-hybridized carbons (Fsp3) is 0.368. The number of ketones is 1. The molecule has 0 spiro atoms. The third-order valence-corrected chi connectivity index (χ3v) is 5.26. The van der Waals surface area contributed by atoms with Crippen LogP contribution in [-0.2, 0) is 0 Å². The van der Waals surface area contributed by atoms with E-state index in [2.05, 4.69) is 36.2 Å². The smallest absolute Gasteiger partial charge is 0.261 e. The Labute approximate surface area is 147 Å². The van der Waals surface area contributed by atoms with Crippen molar-refractivity contribution >= 4 is 23.0 Å². The van der Waals surface area contributed by atoms with Gasteiger partial charge in [-0.2, -0.15) is 0 Å². The van der Waals surface area contributed by atoms with Crippen LogP contribution in [0.5, 0.6) is 0 Å². The van der Waals surface area contributed by atoms with Crippen LogP contribution in [0, 0.1) is 0 Å². The zero-order valence-corrected chi connectivity index (χ0v) is 15.2. The van der Waals surface area contributed by atoms with Crippen LogP contribution in [0.2, 0.25) is 0 Å². The molecule has 1 amide bonds. The highest BCUT2D eigenvalue weighted by atomic mass is 32.1. The minimum Gasteiger partial charge on any atom is -0.349 e. The lowest BCUT2D eigenvalue weighted by Gasteiger charge is -2.30. The number of hydrogen-bond acceptors (Lipinski definition) is 4. The zero-order chi connectivity index (χ0) is 17.5. The maximum absolute atomic E-state index is 12.4. The molecular formula is C19H24N2O2S. The molecule has 0 bridgehead atoms. The van der Waals surface area contributed by atoms with Gasteiger partial charge in [-0.05, 0) is 37.7 Å². The lowest BCUT2D eigenvalue weighted by Crippen LogP contribution is -2.37. The summed E-state index contributed by atoms with van der Waals surface area (Å²) in [5.41, 5.74) is 1.19. The second kappa shape index (κ2) is 8.76. The van der Waals surface area contributed by atoms with Crippen molar-refractivity contribution in [3.8, 4) is 0 Å². The first-order valence-corrected chi connectivity index (χ1v) is 9.06. The first kappa shape index (κ1) is 18.4. The van der Waals surface area contributed by atoms with E-state index in [9.17, 15) is 9.59 Å². The van der Waals surface area contributed by atoms with Crippen molar-refractivity contribution in [3.63, 3.8) is 0 Å². The van der Waals surface area contributed by atoms with E-state index in [4.69, 9.17) is 0 Å². The topological polar surface area (TPSA) is 49.4 Å². The van der Waals surface area contributed by atoms with Crippen molar-refractivity contribution in [2.24, 2.45) is 0 Å². The molecule has 0 unspecified atom stereocenters. The molecule has 24 heavy (non-hydrogen) atoms. The van der Waals surface area contributed by atoms with Gasteiger partial charge in [-0.15, -0.1) is 11.3 Å². The maximum atomic E-state index is 12.4. The minimum atomic E-state index is -0.124. The number of rotatable bonds is 8. The van der Waals surface area contributed by atoms with Crippen molar-refractivity contribution in [3.05, 3.63) is 57.8 Å². The summed E-state index contributed by atoms with van der Waals surface area (Å²) in [6.07, 6.45) is 0. The average molecular weight is 344 g/mol. The Balaban J connectivity index is 2.09. The Morgan fingerprint density at radius 1 is 1.04 bits per heavy atom. The Morgan fingerprint density at radius 3 is 2.21 bits per heavy atom. The van der Waals surface area contributed by atoms with E-state index in [0.717, 1.165) is 13.1 Å². The molecule has 0 fully saturated rings. The standard InChI is InChI=1S/C19H24N2O2S/c1-4-21(5-2)16(15-9-7-6-8-10-15)13-20-19(23)18-12-11-17(24-18)14(3)22/h6-12,16H,4-5,13H2,1-3H3,(H,20,23)/t16-/m1/s1. The van der Waals surface area contributed by atoms with Gasteiger partial charge in [-0.25, -0.2) is 0 Å². The van der Waals surface area contributed by atoms with Gasteiger partial charge in [-0.3, -0.25) is 14.5 Å². The highest BCUT2D eigenvalue weighted by molar-refractivity contribution is 7.15. The Morgan fingerprint density at radius 2 is 1.67 bits per heavy atom. The van der Waals surface area contributed by atoms with Gasteiger partial charge < -0.3 is 5.32 Å². The van der Waals surface area contributed by atoms with Gasteiger partial charge in [0.05, 0.1) is 15.8 Å². The van der Waals surface area contributed by atoms with Crippen LogP contribution in [0.1, 0.15) is 51.7 Å². The van der Waals surface area contributed by atoms with E-state index < -0.39 is 0 Å². The maximum Gasteiger partial charge on any atom is 0.261 e. The predicted molar refractivity (Wildman–Crippen MR) is 98.8 cm³/mol. The number of hydrogen-bond donors (Lipinski definition) is 1. The van der Waals surface area contributed by atoms with Gasteiger partial charge in [-0.1, -0.05) is 44.2 Å². The fourth-order valence-corrected chi connectivity index (χ4v) is 3.54.